The van der Waals surface area contributed by atoms with Gasteiger partial charge >= 0.3 is 6.18 Å². The number of nitrogens with zero attached hydrogens (tertiary/aromatic N) is 2. The Hall–Kier alpha value is -1.34. The van der Waals surface area contributed by atoms with E-state index in [0.717, 1.165) is 5.56 Å². The van der Waals surface area contributed by atoms with E-state index in [4.69, 9.17) is 5.84 Å². The molecule has 1 fully saturated rings. The van der Waals surface area contributed by atoms with Crippen LogP contribution in [-0.2, 0) is 6.54 Å². The Balaban J connectivity index is 1.85. The fourth-order valence-electron chi connectivity index (χ4n) is 2.28. The van der Waals surface area contributed by atoms with Crippen molar-refractivity contribution >= 4 is 5.82 Å². The standard InChI is InChI=1S/C12H17F3N4/c13-12(14,15)10-3-5-19(6-4-10)8-9-1-2-11(18-16)17-7-9/h1-2,7,10H,3-6,8,16H2,(H,17,18). The van der Waals surface area contributed by atoms with Crippen LogP contribution in [0.3, 0.4) is 0 Å². The molecule has 0 aliphatic carbocycles. The molecule has 4 nitrogen and oxygen atoms in total. The summed E-state index contributed by atoms with van der Waals surface area (Å²) in [7, 11) is 0. The van der Waals surface area contributed by atoms with Crippen molar-refractivity contribution in [1.29, 1.82) is 0 Å². The Labute approximate surface area is 109 Å². The summed E-state index contributed by atoms with van der Waals surface area (Å²) in [6, 6.07) is 3.62. The van der Waals surface area contributed by atoms with Crippen LogP contribution in [0.25, 0.3) is 0 Å². The topological polar surface area (TPSA) is 54.2 Å². The number of nitrogen functional groups attached to an aromatic ring is 1. The number of hydrogen-bond donors (Lipinski definition) is 2. The molecule has 0 spiro atoms. The van der Waals surface area contributed by atoms with Gasteiger partial charge in [0.2, 0.25) is 0 Å². The first kappa shape index (κ1) is 14.1. The van der Waals surface area contributed by atoms with E-state index in [1.807, 2.05) is 11.0 Å². The molecule has 1 aromatic heterocycles. The monoisotopic (exact) mass is 274 g/mol. The predicted molar refractivity (Wildman–Crippen MR) is 66.1 cm³/mol. The number of piperidine rings is 1. The fraction of sp³-hybridized carbons (Fsp3) is 0.583. The average Bonchev–Trinajstić information content (AvgIpc) is 2.39. The minimum absolute atomic E-state index is 0.180. The van der Waals surface area contributed by atoms with E-state index in [2.05, 4.69) is 10.4 Å². The van der Waals surface area contributed by atoms with Crippen molar-refractivity contribution in [3.63, 3.8) is 0 Å². The highest BCUT2D eigenvalue weighted by Gasteiger charge is 2.40. The van der Waals surface area contributed by atoms with Crippen LogP contribution in [0.1, 0.15) is 18.4 Å². The fourth-order valence-corrected chi connectivity index (χ4v) is 2.28. The van der Waals surface area contributed by atoms with Crippen molar-refractivity contribution in [3.05, 3.63) is 23.9 Å². The highest BCUT2D eigenvalue weighted by Crippen LogP contribution is 2.34. The van der Waals surface area contributed by atoms with Crippen molar-refractivity contribution in [3.8, 4) is 0 Å². The predicted octanol–water partition coefficient (Wildman–Crippen LogP) is 2.14. The van der Waals surface area contributed by atoms with Gasteiger partial charge in [-0.25, -0.2) is 10.8 Å². The molecule has 1 aromatic rings. The van der Waals surface area contributed by atoms with E-state index in [1.54, 1.807) is 12.3 Å². The molecule has 1 aliphatic heterocycles. The largest absolute Gasteiger partial charge is 0.391 e. The van der Waals surface area contributed by atoms with E-state index < -0.39 is 12.1 Å². The minimum Gasteiger partial charge on any atom is -0.308 e. The first-order valence-electron chi connectivity index (χ1n) is 6.19. The Morgan fingerprint density at radius 2 is 2.00 bits per heavy atom. The summed E-state index contributed by atoms with van der Waals surface area (Å²) in [5, 5.41) is 0. The summed E-state index contributed by atoms with van der Waals surface area (Å²) in [5.74, 6) is 4.63. The van der Waals surface area contributed by atoms with Crippen LogP contribution in [0.4, 0.5) is 19.0 Å². The summed E-state index contributed by atoms with van der Waals surface area (Å²) in [6.45, 7) is 1.57. The molecule has 7 heteroatoms. The number of hydrogen-bond acceptors (Lipinski definition) is 4. The van der Waals surface area contributed by atoms with Crippen LogP contribution in [0.2, 0.25) is 0 Å². The van der Waals surface area contributed by atoms with E-state index in [9.17, 15) is 13.2 Å². The number of nitrogens with two attached hydrogens (primary N) is 1. The van der Waals surface area contributed by atoms with Crippen molar-refractivity contribution in [2.24, 2.45) is 11.8 Å². The third kappa shape index (κ3) is 3.81. The summed E-state index contributed by atoms with van der Waals surface area (Å²) < 4.78 is 37.6. The number of anilines is 1. The Kier molecular flexibility index (Phi) is 4.26. The van der Waals surface area contributed by atoms with Crippen LogP contribution in [0.5, 0.6) is 0 Å². The van der Waals surface area contributed by atoms with E-state index in [1.165, 1.54) is 0 Å². The number of rotatable bonds is 3. The maximum Gasteiger partial charge on any atom is 0.391 e. The highest BCUT2D eigenvalue weighted by molar-refractivity contribution is 5.33. The molecule has 0 bridgehead atoms. The third-order valence-corrected chi connectivity index (χ3v) is 3.43. The molecule has 1 saturated heterocycles. The Morgan fingerprint density at radius 1 is 1.32 bits per heavy atom. The van der Waals surface area contributed by atoms with Crippen molar-refractivity contribution in [2.75, 3.05) is 18.5 Å². The summed E-state index contributed by atoms with van der Waals surface area (Å²) >= 11 is 0. The molecule has 0 saturated carbocycles. The molecular weight excluding hydrogens is 257 g/mol. The van der Waals surface area contributed by atoms with Gasteiger partial charge in [0.15, 0.2) is 0 Å². The summed E-state index contributed by atoms with van der Waals surface area (Å²) in [5.41, 5.74) is 3.41. The van der Waals surface area contributed by atoms with Crippen LogP contribution in [0.15, 0.2) is 18.3 Å². The number of likely N-dealkylation sites (tertiary alicyclic amines) is 1. The lowest BCUT2D eigenvalue weighted by atomic mass is 9.96. The van der Waals surface area contributed by atoms with Crippen molar-refractivity contribution < 1.29 is 13.2 Å². The molecule has 2 heterocycles. The number of aromatic nitrogens is 1. The lowest BCUT2D eigenvalue weighted by molar-refractivity contribution is -0.185. The van der Waals surface area contributed by atoms with Crippen LogP contribution in [0, 0.1) is 5.92 Å². The molecule has 0 atom stereocenters. The van der Waals surface area contributed by atoms with E-state index in [0.29, 0.717) is 25.5 Å². The van der Waals surface area contributed by atoms with Gasteiger partial charge in [0, 0.05) is 12.7 Å². The first-order chi connectivity index (χ1) is 8.99. The molecule has 0 aromatic carbocycles. The number of hydrazine groups is 1. The van der Waals surface area contributed by atoms with Gasteiger partial charge < -0.3 is 5.43 Å². The molecule has 0 amide bonds. The van der Waals surface area contributed by atoms with Crippen molar-refractivity contribution in [2.45, 2.75) is 25.6 Å². The minimum atomic E-state index is -4.05. The average molecular weight is 274 g/mol. The third-order valence-electron chi connectivity index (χ3n) is 3.43. The molecule has 0 radical (unpaired) electrons. The van der Waals surface area contributed by atoms with Gasteiger partial charge in [-0.3, -0.25) is 4.90 Å². The lowest BCUT2D eigenvalue weighted by Crippen LogP contribution is -2.38. The maximum atomic E-state index is 12.5. The van der Waals surface area contributed by atoms with Gasteiger partial charge in [-0.05, 0) is 37.6 Å². The van der Waals surface area contributed by atoms with Gasteiger partial charge in [0.05, 0.1) is 5.92 Å². The highest BCUT2D eigenvalue weighted by atomic mass is 19.4. The zero-order valence-corrected chi connectivity index (χ0v) is 10.5. The molecule has 19 heavy (non-hydrogen) atoms. The molecule has 1 aliphatic rings. The van der Waals surface area contributed by atoms with E-state index >= 15 is 0 Å². The number of pyridine rings is 1. The van der Waals surface area contributed by atoms with Gasteiger partial charge in [-0.1, -0.05) is 6.07 Å². The Morgan fingerprint density at radius 3 is 2.47 bits per heavy atom. The second-order valence-corrected chi connectivity index (χ2v) is 4.79. The summed E-state index contributed by atoms with van der Waals surface area (Å²) in [4.78, 5) is 6.10. The van der Waals surface area contributed by atoms with Gasteiger partial charge in [-0.2, -0.15) is 13.2 Å². The normalized spacial score (nSPS) is 18.5. The van der Waals surface area contributed by atoms with E-state index in [-0.39, 0.29) is 12.8 Å². The van der Waals surface area contributed by atoms with Crippen LogP contribution in [-0.4, -0.2) is 29.1 Å². The zero-order valence-electron chi connectivity index (χ0n) is 10.5. The lowest BCUT2D eigenvalue weighted by Gasteiger charge is -2.32. The quantitative estimate of drug-likeness (QED) is 0.655. The van der Waals surface area contributed by atoms with Crippen LogP contribution >= 0.6 is 0 Å². The number of halogens is 3. The second-order valence-electron chi connectivity index (χ2n) is 4.79. The maximum absolute atomic E-state index is 12.5. The van der Waals surface area contributed by atoms with Crippen molar-refractivity contribution in [1.82, 2.24) is 9.88 Å². The zero-order chi connectivity index (χ0) is 13.9. The van der Waals surface area contributed by atoms with Gasteiger partial charge in [0.25, 0.3) is 0 Å². The summed E-state index contributed by atoms with van der Waals surface area (Å²) in [6.07, 6.45) is -2.01. The first-order valence-corrected chi connectivity index (χ1v) is 6.19. The SMILES string of the molecule is NNc1ccc(CN2CCC(C(F)(F)F)CC2)cn1. The van der Waals surface area contributed by atoms with Gasteiger partial charge in [0.1, 0.15) is 5.82 Å². The molecular formula is C12H17F3N4. The molecule has 0 unspecified atom stereocenters. The van der Waals surface area contributed by atoms with Crippen LogP contribution < -0.4 is 11.3 Å². The Bertz CT molecular complexity index is 396. The molecule has 3 N–H and O–H groups in total. The molecule has 106 valence electrons. The molecule has 2 rings (SSSR count). The smallest absolute Gasteiger partial charge is 0.308 e. The number of nitrogens with one attached hydrogen (secondary N) is 1. The number of alkyl halides is 3. The second kappa shape index (κ2) is 5.75. The van der Waals surface area contributed by atoms with Gasteiger partial charge in [-0.15, -0.1) is 0 Å².